The molecule has 16 heavy (non-hydrogen) atoms. The molecule has 0 saturated heterocycles. The maximum atomic E-state index is 10.8. The molecule has 0 spiro atoms. The van der Waals surface area contributed by atoms with Crippen molar-refractivity contribution in [2.75, 3.05) is 13.7 Å². The number of rotatable bonds is 6. The second-order valence-corrected chi connectivity index (χ2v) is 3.58. The van der Waals surface area contributed by atoms with E-state index in [1.165, 1.54) is 7.11 Å². The number of aliphatic hydroxyl groups is 1. The van der Waals surface area contributed by atoms with Crippen LogP contribution in [0, 0.1) is 6.92 Å². The fourth-order valence-electron chi connectivity index (χ4n) is 1.29. The van der Waals surface area contributed by atoms with E-state index in [0.29, 0.717) is 13.1 Å². The molecule has 0 radical (unpaired) electrons. The Morgan fingerprint density at radius 2 is 2.38 bits per heavy atom. The molecule has 1 heterocycles. The molecule has 1 aromatic heterocycles. The van der Waals surface area contributed by atoms with E-state index in [1.807, 2.05) is 19.1 Å². The zero-order valence-electron chi connectivity index (χ0n) is 9.53. The fourth-order valence-corrected chi connectivity index (χ4v) is 1.29. The normalized spacial score (nSPS) is 12.4. The van der Waals surface area contributed by atoms with E-state index in [4.69, 9.17) is 4.42 Å². The Balaban J connectivity index is 2.17. The summed E-state index contributed by atoms with van der Waals surface area (Å²) in [6.45, 7) is 2.73. The summed E-state index contributed by atoms with van der Waals surface area (Å²) >= 11 is 0. The van der Waals surface area contributed by atoms with E-state index >= 15 is 0 Å². The average Bonchev–Trinajstić information content (AvgIpc) is 2.64. The van der Waals surface area contributed by atoms with E-state index in [9.17, 15) is 9.90 Å². The van der Waals surface area contributed by atoms with Crippen molar-refractivity contribution in [3.8, 4) is 0 Å². The zero-order valence-corrected chi connectivity index (χ0v) is 9.53. The van der Waals surface area contributed by atoms with Gasteiger partial charge in [0.2, 0.25) is 0 Å². The number of aryl methyl sites for hydroxylation is 1. The third-order valence-corrected chi connectivity index (χ3v) is 2.11. The van der Waals surface area contributed by atoms with Gasteiger partial charge < -0.3 is 19.6 Å². The number of ether oxygens (including phenoxy) is 1. The molecule has 1 rings (SSSR count). The first-order chi connectivity index (χ1) is 7.61. The molecule has 5 nitrogen and oxygen atoms in total. The van der Waals surface area contributed by atoms with Crippen molar-refractivity contribution in [2.45, 2.75) is 26.0 Å². The number of furan rings is 1. The molecule has 0 aromatic carbocycles. The minimum atomic E-state index is -0.733. The van der Waals surface area contributed by atoms with Crippen molar-refractivity contribution in [3.63, 3.8) is 0 Å². The van der Waals surface area contributed by atoms with Crippen molar-refractivity contribution < 1.29 is 19.1 Å². The van der Waals surface area contributed by atoms with Gasteiger partial charge >= 0.3 is 5.97 Å². The summed E-state index contributed by atoms with van der Waals surface area (Å²) < 4.78 is 9.78. The van der Waals surface area contributed by atoms with Gasteiger partial charge in [-0.2, -0.15) is 0 Å². The van der Waals surface area contributed by atoms with Crippen LogP contribution in [0.2, 0.25) is 0 Å². The van der Waals surface area contributed by atoms with Gasteiger partial charge in [0.05, 0.1) is 26.2 Å². The van der Waals surface area contributed by atoms with Crippen LogP contribution < -0.4 is 5.32 Å². The van der Waals surface area contributed by atoms with E-state index in [-0.39, 0.29) is 6.42 Å². The first kappa shape index (κ1) is 12.7. The van der Waals surface area contributed by atoms with Crippen LogP contribution in [0.1, 0.15) is 17.9 Å². The SMILES string of the molecule is COC(=O)CC(O)CNCc1ccc(C)o1. The summed E-state index contributed by atoms with van der Waals surface area (Å²) in [5.41, 5.74) is 0. The number of hydrogen-bond donors (Lipinski definition) is 2. The molecule has 0 aliphatic carbocycles. The number of aliphatic hydroxyl groups excluding tert-OH is 1. The number of nitrogens with one attached hydrogen (secondary N) is 1. The van der Waals surface area contributed by atoms with Crippen LogP contribution in [-0.4, -0.2) is 30.8 Å². The van der Waals surface area contributed by atoms with E-state index in [0.717, 1.165) is 11.5 Å². The van der Waals surface area contributed by atoms with Gasteiger partial charge in [-0.15, -0.1) is 0 Å². The van der Waals surface area contributed by atoms with Gasteiger partial charge in [0.15, 0.2) is 0 Å². The largest absolute Gasteiger partial charge is 0.469 e. The van der Waals surface area contributed by atoms with Gasteiger partial charge in [0.1, 0.15) is 11.5 Å². The van der Waals surface area contributed by atoms with Crippen molar-refractivity contribution in [3.05, 3.63) is 23.7 Å². The van der Waals surface area contributed by atoms with Gasteiger partial charge in [0, 0.05) is 6.54 Å². The topological polar surface area (TPSA) is 71.7 Å². The summed E-state index contributed by atoms with van der Waals surface area (Å²) in [5, 5.41) is 12.4. The minimum absolute atomic E-state index is 0.000677. The van der Waals surface area contributed by atoms with Crippen LogP contribution >= 0.6 is 0 Å². The molecule has 0 amide bonds. The highest BCUT2D eigenvalue weighted by Gasteiger charge is 2.10. The van der Waals surface area contributed by atoms with Crippen LogP contribution in [-0.2, 0) is 16.1 Å². The molecule has 1 aromatic rings. The standard InChI is InChI=1S/C11H17NO4/c1-8-3-4-10(16-8)7-12-6-9(13)5-11(14)15-2/h3-4,9,12-13H,5-7H2,1-2H3. The van der Waals surface area contributed by atoms with Crippen molar-refractivity contribution in [1.29, 1.82) is 0 Å². The Morgan fingerprint density at radius 1 is 1.62 bits per heavy atom. The monoisotopic (exact) mass is 227 g/mol. The molecule has 0 aliphatic heterocycles. The molecular formula is C11H17NO4. The van der Waals surface area contributed by atoms with E-state index in [1.54, 1.807) is 0 Å². The minimum Gasteiger partial charge on any atom is -0.469 e. The van der Waals surface area contributed by atoms with E-state index in [2.05, 4.69) is 10.1 Å². The van der Waals surface area contributed by atoms with Crippen LogP contribution in [0.25, 0.3) is 0 Å². The Bertz CT molecular complexity index is 334. The fraction of sp³-hybridized carbons (Fsp3) is 0.545. The maximum absolute atomic E-state index is 10.8. The molecule has 2 N–H and O–H groups in total. The first-order valence-corrected chi connectivity index (χ1v) is 5.12. The molecule has 5 heteroatoms. The maximum Gasteiger partial charge on any atom is 0.308 e. The predicted octanol–water partition coefficient (Wildman–Crippen LogP) is 0.602. The molecular weight excluding hydrogens is 210 g/mol. The molecule has 0 fully saturated rings. The Labute approximate surface area is 94.4 Å². The summed E-state index contributed by atoms with van der Waals surface area (Å²) in [6, 6.07) is 3.75. The van der Waals surface area contributed by atoms with Crippen LogP contribution in [0.4, 0.5) is 0 Å². The smallest absolute Gasteiger partial charge is 0.308 e. The van der Waals surface area contributed by atoms with Crippen molar-refractivity contribution >= 4 is 5.97 Å². The molecule has 1 unspecified atom stereocenters. The second kappa shape index (κ2) is 6.30. The van der Waals surface area contributed by atoms with Crippen LogP contribution in [0.5, 0.6) is 0 Å². The summed E-state index contributed by atoms with van der Waals surface area (Å²) in [5.74, 6) is 1.25. The predicted molar refractivity (Wildman–Crippen MR) is 57.8 cm³/mol. The lowest BCUT2D eigenvalue weighted by Crippen LogP contribution is -2.28. The molecule has 0 bridgehead atoms. The lowest BCUT2D eigenvalue weighted by molar-refractivity contribution is -0.142. The molecule has 1 atom stereocenters. The average molecular weight is 227 g/mol. The highest BCUT2D eigenvalue weighted by atomic mass is 16.5. The molecule has 0 saturated carbocycles. The molecule has 0 aliphatic rings. The third-order valence-electron chi connectivity index (χ3n) is 2.11. The zero-order chi connectivity index (χ0) is 12.0. The van der Waals surface area contributed by atoms with Gasteiger partial charge in [0.25, 0.3) is 0 Å². The quantitative estimate of drug-likeness (QED) is 0.696. The Kier molecular flexibility index (Phi) is 5.01. The number of methoxy groups -OCH3 is 1. The summed E-state index contributed by atoms with van der Waals surface area (Å²) in [6.07, 6.45) is -0.732. The summed E-state index contributed by atoms with van der Waals surface area (Å²) in [4.78, 5) is 10.8. The van der Waals surface area contributed by atoms with Crippen molar-refractivity contribution in [2.24, 2.45) is 0 Å². The highest BCUT2D eigenvalue weighted by Crippen LogP contribution is 2.05. The van der Waals surface area contributed by atoms with Gasteiger partial charge in [-0.05, 0) is 19.1 Å². The first-order valence-electron chi connectivity index (χ1n) is 5.12. The number of carbonyl (C=O) groups excluding carboxylic acids is 1. The van der Waals surface area contributed by atoms with Crippen molar-refractivity contribution in [1.82, 2.24) is 5.32 Å². The van der Waals surface area contributed by atoms with Gasteiger partial charge in [-0.3, -0.25) is 4.79 Å². The Hall–Kier alpha value is -1.33. The van der Waals surface area contributed by atoms with Gasteiger partial charge in [-0.1, -0.05) is 0 Å². The lowest BCUT2D eigenvalue weighted by Gasteiger charge is -2.09. The highest BCUT2D eigenvalue weighted by molar-refractivity contribution is 5.69. The second-order valence-electron chi connectivity index (χ2n) is 3.58. The number of hydrogen-bond acceptors (Lipinski definition) is 5. The van der Waals surface area contributed by atoms with Crippen LogP contribution in [0.15, 0.2) is 16.5 Å². The third kappa shape index (κ3) is 4.46. The number of esters is 1. The summed E-state index contributed by atoms with van der Waals surface area (Å²) in [7, 11) is 1.30. The van der Waals surface area contributed by atoms with Gasteiger partial charge in [-0.25, -0.2) is 0 Å². The van der Waals surface area contributed by atoms with E-state index < -0.39 is 12.1 Å². The van der Waals surface area contributed by atoms with Crippen LogP contribution in [0.3, 0.4) is 0 Å². The Morgan fingerprint density at radius 3 is 2.94 bits per heavy atom. The molecule has 90 valence electrons. The lowest BCUT2D eigenvalue weighted by atomic mass is 10.2. The number of carbonyl (C=O) groups is 1.